The number of furan rings is 2. The Hall–Kier alpha value is -9.38. The van der Waals surface area contributed by atoms with E-state index in [9.17, 15) is 0 Å². The Morgan fingerprint density at radius 2 is 0.564 bits per heavy atom. The highest BCUT2D eigenvalue weighted by Gasteiger charge is 2.22. The highest BCUT2D eigenvalue weighted by Crippen LogP contribution is 2.44. The maximum Gasteiger partial charge on any atom is 0.137 e. The smallest absolute Gasteiger partial charge is 0.137 e. The molecule has 0 saturated heterocycles. The third-order valence-electron chi connectivity index (χ3n) is 15.9. The van der Waals surface area contributed by atoms with E-state index in [2.05, 4.69) is 294 Å². The van der Waals surface area contributed by atoms with Gasteiger partial charge in [0.2, 0.25) is 0 Å². The van der Waals surface area contributed by atoms with Crippen molar-refractivity contribution >= 4 is 110 Å². The number of nitrogens with zero attached hydrogens (tertiary/aromatic N) is 2. The molecule has 4 nitrogen and oxygen atoms in total. The fourth-order valence-electron chi connectivity index (χ4n) is 11.5. The molecule has 2 heterocycles. The summed E-state index contributed by atoms with van der Waals surface area (Å²) in [4.78, 5) is 4.66. The van der Waals surface area contributed by atoms with Gasteiger partial charge < -0.3 is 18.6 Å². The summed E-state index contributed by atoms with van der Waals surface area (Å²) in [5, 5.41) is 11.5. The van der Waals surface area contributed by atoms with Crippen LogP contribution in [0.1, 0.15) is 52.7 Å². The van der Waals surface area contributed by atoms with Crippen LogP contribution in [0.15, 0.2) is 251 Å². The number of hydrogen-bond acceptors (Lipinski definition) is 4. The Bertz CT molecular complexity index is 4310. The predicted octanol–water partition coefficient (Wildman–Crippen LogP) is 21.8. The quantitative estimate of drug-likeness (QED) is 0.152. The second-order valence-electron chi connectivity index (χ2n) is 23.1. The van der Waals surface area contributed by atoms with Gasteiger partial charge >= 0.3 is 0 Å². The van der Waals surface area contributed by atoms with Crippen LogP contribution in [-0.4, -0.2) is 0 Å². The molecule has 4 heteroatoms. The third kappa shape index (κ3) is 8.42. The predicted molar refractivity (Wildman–Crippen MR) is 331 cm³/mol. The van der Waals surface area contributed by atoms with Gasteiger partial charge in [0.15, 0.2) is 0 Å². The van der Waals surface area contributed by atoms with Crippen LogP contribution in [0.25, 0.3) is 98.4 Å². The largest absolute Gasteiger partial charge is 0.456 e. The van der Waals surface area contributed by atoms with Gasteiger partial charge in [-0.2, -0.15) is 0 Å². The zero-order chi connectivity index (χ0) is 52.9. The van der Waals surface area contributed by atoms with E-state index in [4.69, 9.17) is 8.83 Å². The van der Waals surface area contributed by atoms with E-state index in [0.29, 0.717) is 0 Å². The molecule has 0 radical (unpaired) electrons. The van der Waals surface area contributed by atoms with Gasteiger partial charge in [-0.3, -0.25) is 0 Å². The molecule has 0 saturated carbocycles. The molecule has 0 aliphatic rings. The summed E-state index contributed by atoms with van der Waals surface area (Å²) in [7, 11) is 0. The Kier molecular flexibility index (Phi) is 11.0. The van der Waals surface area contributed by atoms with Gasteiger partial charge in [-0.1, -0.05) is 163 Å². The van der Waals surface area contributed by atoms with Crippen molar-refractivity contribution in [3.05, 3.63) is 254 Å². The molecule has 376 valence electrons. The molecule has 0 bridgehead atoms. The lowest BCUT2D eigenvalue weighted by atomic mass is 9.87. The molecule has 0 fully saturated rings. The van der Waals surface area contributed by atoms with Crippen molar-refractivity contribution in [2.75, 3.05) is 9.80 Å². The van der Waals surface area contributed by atoms with Gasteiger partial charge in [-0.05, 0) is 186 Å². The zero-order valence-corrected chi connectivity index (χ0v) is 44.8. The lowest BCUT2D eigenvalue weighted by molar-refractivity contribution is 0.590. The lowest BCUT2D eigenvalue weighted by Gasteiger charge is -2.27. The maximum absolute atomic E-state index is 6.81. The lowest BCUT2D eigenvalue weighted by Crippen LogP contribution is -2.13. The molecule has 0 aliphatic carbocycles. The minimum absolute atomic E-state index is 0.0386. The molecule has 78 heavy (non-hydrogen) atoms. The third-order valence-corrected chi connectivity index (χ3v) is 15.9. The van der Waals surface area contributed by atoms with Crippen molar-refractivity contribution < 1.29 is 8.83 Å². The van der Waals surface area contributed by atoms with E-state index in [-0.39, 0.29) is 10.8 Å². The number of benzene rings is 12. The van der Waals surface area contributed by atoms with E-state index < -0.39 is 0 Å². The monoisotopic (exact) mass is 1010 g/mol. The van der Waals surface area contributed by atoms with Crippen LogP contribution < -0.4 is 9.80 Å². The highest BCUT2D eigenvalue weighted by atomic mass is 16.3. The maximum atomic E-state index is 6.81. The van der Waals surface area contributed by atoms with Crippen molar-refractivity contribution in [2.24, 2.45) is 0 Å². The average molecular weight is 1010 g/mol. The molecular weight excluding hydrogens is 949 g/mol. The molecule has 14 aromatic rings. The molecule has 0 aliphatic heterocycles. The second kappa shape index (κ2) is 18.1. The first kappa shape index (κ1) is 47.1. The Morgan fingerprint density at radius 1 is 0.244 bits per heavy atom. The standard InChI is InChI=1S/C74H58N2O2/c1-73(2,3)57-23-31-61(32-24-57)75(59-27-19-49(20-28-59)53-17-15-47-11-7-9-13-51(47)39-53)63-35-37-65-67-41-55-42-68-66-38-36-64(46-72(66)78-70(68)44-56(55)43-69(67)77-71(65)45-63)76(62-33-25-58(26-34-62)74(4,5)6)60-29-21-50(22-30-60)54-18-16-48-12-8-10-14-52(48)40-54/h7-46H,1-6H3. The molecule has 0 atom stereocenters. The van der Waals surface area contributed by atoms with E-state index in [1.165, 1.54) is 54.9 Å². The number of anilines is 6. The van der Waals surface area contributed by atoms with Gasteiger partial charge in [-0.15, -0.1) is 0 Å². The van der Waals surface area contributed by atoms with Gasteiger partial charge in [-0.25, -0.2) is 0 Å². The van der Waals surface area contributed by atoms with E-state index in [1.807, 2.05) is 0 Å². The van der Waals surface area contributed by atoms with Crippen molar-refractivity contribution in [1.82, 2.24) is 0 Å². The van der Waals surface area contributed by atoms with Crippen molar-refractivity contribution in [1.29, 1.82) is 0 Å². The van der Waals surface area contributed by atoms with Gasteiger partial charge in [0.05, 0.1) is 0 Å². The zero-order valence-electron chi connectivity index (χ0n) is 44.8. The molecule has 0 unspecified atom stereocenters. The molecule has 2 aromatic heterocycles. The first-order chi connectivity index (χ1) is 37.8. The Morgan fingerprint density at radius 3 is 0.949 bits per heavy atom. The van der Waals surface area contributed by atoms with Crippen molar-refractivity contribution in [3.8, 4) is 22.3 Å². The van der Waals surface area contributed by atoms with E-state index in [1.54, 1.807) is 0 Å². The normalized spacial score (nSPS) is 12.2. The summed E-state index contributed by atoms with van der Waals surface area (Å²) in [5.74, 6) is 0. The minimum Gasteiger partial charge on any atom is -0.456 e. The molecule has 0 amide bonds. The second-order valence-corrected chi connectivity index (χ2v) is 23.1. The Balaban J connectivity index is 0.816. The molecule has 14 rings (SSSR count). The van der Waals surface area contributed by atoms with E-state index in [0.717, 1.165) is 88.8 Å². The summed E-state index contributed by atoms with van der Waals surface area (Å²) in [6, 6.07) is 88.4. The average Bonchev–Trinajstić information content (AvgIpc) is 4.03. The van der Waals surface area contributed by atoms with Gasteiger partial charge in [0, 0.05) is 67.8 Å². The topological polar surface area (TPSA) is 32.8 Å². The summed E-state index contributed by atoms with van der Waals surface area (Å²) in [6.45, 7) is 13.6. The van der Waals surface area contributed by atoms with Gasteiger partial charge in [0.25, 0.3) is 0 Å². The number of fused-ring (bicyclic) bond motifs is 9. The van der Waals surface area contributed by atoms with Crippen LogP contribution in [0.4, 0.5) is 34.1 Å². The molecular formula is C74H58N2O2. The summed E-state index contributed by atoms with van der Waals surface area (Å²) < 4.78 is 13.6. The van der Waals surface area contributed by atoms with E-state index >= 15 is 0 Å². The fraction of sp³-hybridized carbons (Fsp3) is 0.108. The van der Waals surface area contributed by atoms with Crippen LogP contribution in [0, 0.1) is 0 Å². The summed E-state index contributed by atoms with van der Waals surface area (Å²) in [5.41, 5.74) is 17.1. The van der Waals surface area contributed by atoms with Crippen LogP contribution in [0.3, 0.4) is 0 Å². The fourth-order valence-corrected chi connectivity index (χ4v) is 11.5. The van der Waals surface area contributed by atoms with Crippen LogP contribution in [-0.2, 0) is 10.8 Å². The number of rotatable bonds is 8. The SMILES string of the molecule is CC(C)(C)c1ccc(N(c2ccc(-c3ccc4ccccc4c3)cc2)c2ccc3c(c2)oc2cc4cc5oc6cc(N(c7ccc(-c8ccc9ccccc9c8)cc7)c7ccc(C(C)(C)C)cc7)ccc6c5cc4cc23)cc1. The van der Waals surface area contributed by atoms with Crippen LogP contribution in [0.5, 0.6) is 0 Å². The Labute approximate surface area is 455 Å². The van der Waals surface area contributed by atoms with Gasteiger partial charge in [0.1, 0.15) is 22.3 Å². The summed E-state index contributed by atoms with van der Waals surface area (Å²) in [6.07, 6.45) is 0. The summed E-state index contributed by atoms with van der Waals surface area (Å²) >= 11 is 0. The first-order valence-corrected chi connectivity index (χ1v) is 27.1. The van der Waals surface area contributed by atoms with Crippen LogP contribution >= 0.6 is 0 Å². The molecule has 0 spiro atoms. The minimum atomic E-state index is 0.0386. The molecule has 12 aromatic carbocycles. The van der Waals surface area contributed by atoms with Crippen LogP contribution in [0.2, 0.25) is 0 Å². The molecule has 0 N–H and O–H groups in total. The van der Waals surface area contributed by atoms with Crippen molar-refractivity contribution in [3.63, 3.8) is 0 Å². The highest BCUT2D eigenvalue weighted by molar-refractivity contribution is 6.16. The first-order valence-electron chi connectivity index (χ1n) is 27.1. The van der Waals surface area contributed by atoms with Crippen molar-refractivity contribution in [2.45, 2.75) is 52.4 Å². The number of hydrogen-bond donors (Lipinski definition) is 0.